The summed E-state index contributed by atoms with van der Waals surface area (Å²) in [7, 11) is 1.59. The van der Waals surface area contributed by atoms with Crippen molar-refractivity contribution in [3.63, 3.8) is 0 Å². The van der Waals surface area contributed by atoms with Crippen molar-refractivity contribution in [2.24, 2.45) is 0 Å². The molecule has 0 saturated carbocycles. The van der Waals surface area contributed by atoms with Gasteiger partial charge >= 0.3 is 0 Å². The predicted octanol–water partition coefficient (Wildman–Crippen LogP) is 2.34. The number of aryl methyl sites for hydroxylation is 1. The second kappa shape index (κ2) is 10.5. The molecule has 0 aliphatic carbocycles. The molecule has 0 bridgehead atoms. The maximum atomic E-state index is 13.9. The van der Waals surface area contributed by atoms with Crippen LogP contribution >= 0.6 is 0 Å². The average Bonchev–Trinajstić information content (AvgIpc) is 3.31. The number of nitrogens with zero attached hydrogens (tertiary/aromatic N) is 3. The summed E-state index contributed by atoms with van der Waals surface area (Å²) in [6, 6.07) is 13.7. The number of rotatable bonds is 4. The van der Waals surface area contributed by atoms with Gasteiger partial charge in [0.25, 0.3) is 11.8 Å². The van der Waals surface area contributed by atoms with E-state index in [-0.39, 0.29) is 24.3 Å². The van der Waals surface area contributed by atoms with Crippen LogP contribution in [0.3, 0.4) is 0 Å². The van der Waals surface area contributed by atoms with Gasteiger partial charge in [0.2, 0.25) is 5.91 Å². The number of carbonyl (C=O) groups is 3. The zero-order chi connectivity index (χ0) is 26.0. The first kappa shape index (κ1) is 25.2. The molecule has 1 atom stereocenters. The Labute approximate surface area is 216 Å². The largest absolute Gasteiger partial charge is 0.497 e. The maximum Gasteiger partial charge on any atom is 0.256 e. The summed E-state index contributed by atoms with van der Waals surface area (Å²) in [6.07, 6.45) is 0.860. The highest BCUT2D eigenvalue weighted by atomic mass is 16.5. The molecule has 1 unspecified atom stereocenters. The monoisotopic (exact) mass is 507 g/mol. The maximum absolute atomic E-state index is 13.9. The fraction of sp³-hybridized carbons (Fsp3) is 0.464. The lowest BCUT2D eigenvalue weighted by atomic mass is 9.95. The Bertz CT molecular complexity index is 1140. The molecular formula is C28H33N3O6. The first-order valence-electron chi connectivity index (χ1n) is 12.8. The van der Waals surface area contributed by atoms with Crippen LogP contribution in [0.2, 0.25) is 0 Å². The SMILES string of the molecule is COc1ccc(C(=O)N2CCC3(CC2)OCC(C(=O)N2CCOCC2)N3C(=O)c2ccc(C)cc2)cc1. The van der Waals surface area contributed by atoms with Crippen molar-refractivity contribution in [2.45, 2.75) is 31.5 Å². The number of benzene rings is 2. The highest BCUT2D eigenvalue weighted by Gasteiger charge is 2.55. The third kappa shape index (κ3) is 4.93. The molecule has 5 rings (SSSR count). The molecule has 2 aromatic carbocycles. The van der Waals surface area contributed by atoms with E-state index in [1.807, 2.05) is 19.1 Å². The van der Waals surface area contributed by atoms with Gasteiger partial charge < -0.3 is 24.0 Å². The molecule has 0 radical (unpaired) electrons. The molecule has 2 aromatic rings. The van der Waals surface area contributed by atoms with Crippen molar-refractivity contribution in [2.75, 3.05) is 53.1 Å². The van der Waals surface area contributed by atoms with Crippen molar-refractivity contribution in [3.05, 3.63) is 65.2 Å². The minimum atomic E-state index is -0.939. The van der Waals surface area contributed by atoms with Gasteiger partial charge in [0.15, 0.2) is 0 Å². The quantitative estimate of drug-likeness (QED) is 0.631. The number of piperidine rings is 1. The van der Waals surface area contributed by atoms with Crippen molar-refractivity contribution in [1.82, 2.24) is 14.7 Å². The number of hydrogen-bond donors (Lipinski definition) is 0. The lowest BCUT2D eigenvalue weighted by Crippen LogP contribution is -2.60. The standard InChI is InChI=1S/C28H33N3O6/c1-20-3-5-22(6-4-20)26(33)31-24(27(34)30-15-17-36-18-16-30)19-37-28(31)11-13-29(14-12-28)25(32)21-7-9-23(35-2)10-8-21/h3-10,24H,11-19H2,1-2H3. The highest BCUT2D eigenvalue weighted by Crippen LogP contribution is 2.39. The molecule has 37 heavy (non-hydrogen) atoms. The second-order valence-corrected chi connectivity index (χ2v) is 9.77. The van der Waals surface area contributed by atoms with Gasteiger partial charge in [0.1, 0.15) is 17.5 Å². The van der Waals surface area contributed by atoms with E-state index in [0.29, 0.717) is 69.1 Å². The molecule has 196 valence electrons. The Kier molecular flexibility index (Phi) is 7.17. The van der Waals surface area contributed by atoms with E-state index in [1.54, 1.807) is 58.2 Å². The molecule has 0 N–H and O–H groups in total. The summed E-state index contributed by atoms with van der Waals surface area (Å²) >= 11 is 0. The summed E-state index contributed by atoms with van der Waals surface area (Å²) in [5.74, 6) is 0.277. The van der Waals surface area contributed by atoms with E-state index >= 15 is 0 Å². The average molecular weight is 508 g/mol. The highest BCUT2D eigenvalue weighted by molar-refractivity contribution is 5.98. The van der Waals surface area contributed by atoms with E-state index in [9.17, 15) is 14.4 Å². The number of likely N-dealkylation sites (tertiary alicyclic amines) is 1. The van der Waals surface area contributed by atoms with Gasteiger partial charge in [-0.1, -0.05) is 17.7 Å². The van der Waals surface area contributed by atoms with Gasteiger partial charge in [-0.2, -0.15) is 0 Å². The van der Waals surface area contributed by atoms with E-state index in [0.717, 1.165) is 5.56 Å². The van der Waals surface area contributed by atoms with Crippen LogP contribution in [0.25, 0.3) is 0 Å². The summed E-state index contributed by atoms with van der Waals surface area (Å²) < 4.78 is 16.9. The minimum Gasteiger partial charge on any atom is -0.497 e. The first-order chi connectivity index (χ1) is 17.9. The summed E-state index contributed by atoms with van der Waals surface area (Å²) in [6.45, 7) is 4.91. The molecule has 3 fully saturated rings. The predicted molar refractivity (Wildman–Crippen MR) is 135 cm³/mol. The fourth-order valence-electron chi connectivity index (χ4n) is 5.36. The number of ether oxygens (including phenoxy) is 3. The smallest absolute Gasteiger partial charge is 0.256 e. The first-order valence-corrected chi connectivity index (χ1v) is 12.8. The molecule has 3 saturated heterocycles. The molecule has 0 aromatic heterocycles. The number of amides is 3. The Hall–Kier alpha value is -3.43. The molecule has 3 heterocycles. The zero-order valence-electron chi connectivity index (χ0n) is 21.4. The molecule has 9 nitrogen and oxygen atoms in total. The van der Waals surface area contributed by atoms with Gasteiger partial charge in [-0.15, -0.1) is 0 Å². The van der Waals surface area contributed by atoms with Crippen LogP contribution in [0.1, 0.15) is 39.1 Å². The summed E-state index contributed by atoms with van der Waals surface area (Å²) in [5, 5.41) is 0. The summed E-state index contributed by atoms with van der Waals surface area (Å²) in [4.78, 5) is 45.8. The number of carbonyl (C=O) groups excluding carboxylic acids is 3. The summed E-state index contributed by atoms with van der Waals surface area (Å²) in [5.41, 5.74) is 1.21. The zero-order valence-corrected chi connectivity index (χ0v) is 21.4. The van der Waals surface area contributed by atoms with Gasteiger partial charge in [-0.05, 0) is 43.3 Å². The topological polar surface area (TPSA) is 88.6 Å². The molecule has 9 heteroatoms. The minimum absolute atomic E-state index is 0.0761. The third-order valence-electron chi connectivity index (χ3n) is 7.55. The Morgan fingerprint density at radius 1 is 0.838 bits per heavy atom. The van der Waals surface area contributed by atoms with Crippen LogP contribution < -0.4 is 4.74 Å². The Morgan fingerprint density at radius 2 is 1.43 bits per heavy atom. The lowest BCUT2D eigenvalue weighted by molar-refractivity contribution is -0.141. The van der Waals surface area contributed by atoms with Crippen LogP contribution in [0.4, 0.5) is 0 Å². The van der Waals surface area contributed by atoms with Crippen LogP contribution in [0.15, 0.2) is 48.5 Å². The van der Waals surface area contributed by atoms with Crippen LogP contribution in [-0.4, -0.2) is 97.3 Å². The van der Waals surface area contributed by atoms with E-state index in [2.05, 4.69) is 0 Å². The van der Waals surface area contributed by atoms with Crippen LogP contribution in [-0.2, 0) is 14.3 Å². The van der Waals surface area contributed by atoms with Crippen molar-refractivity contribution in [3.8, 4) is 5.75 Å². The number of hydrogen-bond acceptors (Lipinski definition) is 6. The van der Waals surface area contributed by atoms with E-state index in [1.165, 1.54) is 0 Å². The molecule has 3 aliphatic heterocycles. The number of morpholine rings is 1. The lowest BCUT2D eigenvalue weighted by Gasteiger charge is -2.45. The van der Waals surface area contributed by atoms with E-state index in [4.69, 9.17) is 14.2 Å². The molecule has 1 spiro atoms. The van der Waals surface area contributed by atoms with Gasteiger partial charge in [0.05, 0.1) is 26.9 Å². The fourth-order valence-corrected chi connectivity index (χ4v) is 5.36. The van der Waals surface area contributed by atoms with Crippen molar-refractivity contribution in [1.29, 1.82) is 0 Å². The third-order valence-corrected chi connectivity index (χ3v) is 7.55. The van der Waals surface area contributed by atoms with Gasteiger partial charge in [-0.3, -0.25) is 19.3 Å². The van der Waals surface area contributed by atoms with Crippen molar-refractivity contribution < 1.29 is 28.6 Å². The van der Waals surface area contributed by atoms with Crippen molar-refractivity contribution >= 4 is 17.7 Å². The van der Waals surface area contributed by atoms with E-state index < -0.39 is 11.8 Å². The molecular weight excluding hydrogens is 474 g/mol. The molecule has 3 amide bonds. The Balaban J connectivity index is 1.37. The molecule has 3 aliphatic rings. The van der Waals surface area contributed by atoms with Crippen LogP contribution in [0.5, 0.6) is 5.75 Å². The van der Waals surface area contributed by atoms with Crippen LogP contribution in [0, 0.1) is 6.92 Å². The van der Waals surface area contributed by atoms with Gasteiger partial charge in [0, 0.05) is 50.1 Å². The van der Waals surface area contributed by atoms with Gasteiger partial charge in [-0.25, -0.2) is 0 Å². The second-order valence-electron chi connectivity index (χ2n) is 9.77. The normalized spacial score (nSPS) is 21.2. The number of methoxy groups -OCH3 is 1. The Morgan fingerprint density at radius 3 is 2.05 bits per heavy atom.